The smallest absolute Gasteiger partial charge is 0.139 e. The lowest BCUT2D eigenvalue weighted by Gasteiger charge is -2.14. The van der Waals surface area contributed by atoms with Crippen molar-refractivity contribution >= 4 is 22.7 Å². The number of fused-ring (bicyclic) bond motifs is 3. The van der Waals surface area contributed by atoms with Crippen molar-refractivity contribution in [2.75, 3.05) is 0 Å². The molecule has 0 saturated heterocycles. The minimum Gasteiger partial charge on any atom is -0.487 e. The predicted octanol–water partition coefficient (Wildman–Crippen LogP) is 3.99. The molecule has 0 radical (unpaired) electrons. The second-order valence-corrected chi connectivity index (χ2v) is 5.63. The van der Waals surface area contributed by atoms with E-state index < -0.39 is 0 Å². The van der Waals surface area contributed by atoms with Crippen LogP contribution in [0.1, 0.15) is 16.0 Å². The van der Waals surface area contributed by atoms with Gasteiger partial charge in [0, 0.05) is 10.4 Å². The number of thiophene rings is 2. The van der Waals surface area contributed by atoms with Crippen molar-refractivity contribution in [2.24, 2.45) is 0 Å². The van der Waals surface area contributed by atoms with E-state index in [2.05, 4.69) is 25.3 Å². The summed E-state index contributed by atoms with van der Waals surface area (Å²) >= 11 is 3.67. The molecule has 0 unspecified atom stereocenters. The van der Waals surface area contributed by atoms with E-state index in [-0.39, 0.29) is 0 Å². The standard InChI is InChI=1S/C11H10OS2/c1-6-7(2)14-10-8(6)5-12-9-3-4-13-11(9)10/h3-4H,5H2,1-2H3. The summed E-state index contributed by atoms with van der Waals surface area (Å²) in [5.74, 6) is 1.06. The third-order valence-corrected chi connectivity index (χ3v) is 5.03. The fraction of sp³-hybridized carbons (Fsp3) is 0.273. The zero-order chi connectivity index (χ0) is 9.71. The average molecular weight is 222 g/mol. The third kappa shape index (κ3) is 0.996. The summed E-state index contributed by atoms with van der Waals surface area (Å²) in [5, 5.41) is 2.10. The van der Waals surface area contributed by atoms with E-state index in [9.17, 15) is 0 Å². The summed E-state index contributed by atoms with van der Waals surface area (Å²) in [5.41, 5.74) is 2.80. The van der Waals surface area contributed by atoms with Crippen LogP contribution in [0.2, 0.25) is 0 Å². The highest BCUT2D eigenvalue weighted by atomic mass is 32.1. The Hall–Kier alpha value is -0.800. The van der Waals surface area contributed by atoms with Gasteiger partial charge >= 0.3 is 0 Å². The van der Waals surface area contributed by atoms with Crippen molar-refractivity contribution in [1.29, 1.82) is 0 Å². The zero-order valence-corrected chi connectivity index (χ0v) is 9.72. The van der Waals surface area contributed by atoms with Gasteiger partial charge in [0.15, 0.2) is 0 Å². The van der Waals surface area contributed by atoms with Crippen LogP contribution in [-0.2, 0) is 6.61 Å². The van der Waals surface area contributed by atoms with Crippen LogP contribution >= 0.6 is 22.7 Å². The van der Waals surface area contributed by atoms with Crippen LogP contribution in [0.5, 0.6) is 5.75 Å². The van der Waals surface area contributed by atoms with Crippen LogP contribution < -0.4 is 4.74 Å². The minimum atomic E-state index is 0.745. The lowest BCUT2D eigenvalue weighted by atomic mass is 10.1. The molecule has 0 N–H and O–H groups in total. The van der Waals surface area contributed by atoms with Gasteiger partial charge in [-0.2, -0.15) is 0 Å². The van der Waals surface area contributed by atoms with Crippen LogP contribution in [0.3, 0.4) is 0 Å². The van der Waals surface area contributed by atoms with Crippen molar-refractivity contribution in [3.8, 4) is 15.5 Å². The van der Waals surface area contributed by atoms with Gasteiger partial charge in [0.1, 0.15) is 12.4 Å². The summed E-state index contributed by atoms with van der Waals surface area (Å²) in [4.78, 5) is 4.16. The average Bonchev–Trinajstić information content (AvgIpc) is 2.73. The van der Waals surface area contributed by atoms with E-state index >= 15 is 0 Å². The Kier molecular flexibility index (Phi) is 1.73. The van der Waals surface area contributed by atoms with Crippen LogP contribution in [0.15, 0.2) is 11.4 Å². The lowest BCUT2D eigenvalue weighted by molar-refractivity contribution is 0.304. The highest BCUT2D eigenvalue weighted by Crippen LogP contribution is 2.47. The molecule has 0 spiro atoms. The highest BCUT2D eigenvalue weighted by molar-refractivity contribution is 7.21. The fourth-order valence-corrected chi connectivity index (χ4v) is 3.94. The fourth-order valence-electron chi connectivity index (χ4n) is 1.76. The van der Waals surface area contributed by atoms with Gasteiger partial charge in [0.25, 0.3) is 0 Å². The molecule has 72 valence electrons. The van der Waals surface area contributed by atoms with Crippen molar-refractivity contribution in [2.45, 2.75) is 20.5 Å². The van der Waals surface area contributed by atoms with E-state index in [0.29, 0.717) is 0 Å². The molecule has 0 saturated carbocycles. The topological polar surface area (TPSA) is 9.23 Å². The molecule has 14 heavy (non-hydrogen) atoms. The van der Waals surface area contributed by atoms with E-state index in [1.54, 1.807) is 11.3 Å². The molecule has 1 nitrogen and oxygen atoms in total. The van der Waals surface area contributed by atoms with Gasteiger partial charge in [-0.25, -0.2) is 0 Å². The maximum Gasteiger partial charge on any atom is 0.139 e. The molecule has 2 aromatic rings. The number of hydrogen-bond acceptors (Lipinski definition) is 3. The zero-order valence-electron chi connectivity index (χ0n) is 8.09. The van der Waals surface area contributed by atoms with E-state index in [0.717, 1.165) is 12.4 Å². The van der Waals surface area contributed by atoms with Crippen LogP contribution in [0, 0.1) is 13.8 Å². The maximum atomic E-state index is 5.70. The molecule has 1 aliphatic rings. The summed E-state index contributed by atoms with van der Waals surface area (Å²) in [7, 11) is 0. The summed E-state index contributed by atoms with van der Waals surface area (Å²) < 4.78 is 5.70. The monoisotopic (exact) mass is 222 g/mol. The van der Waals surface area contributed by atoms with Crippen molar-refractivity contribution < 1.29 is 4.74 Å². The molecule has 0 amide bonds. The highest BCUT2D eigenvalue weighted by Gasteiger charge is 2.23. The Morgan fingerprint density at radius 1 is 1.29 bits per heavy atom. The molecule has 2 aromatic heterocycles. The predicted molar refractivity (Wildman–Crippen MR) is 61.4 cm³/mol. The lowest BCUT2D eigenvalue weighted by Crippen LogP contribution is -2.01. The molecule has 3 rings (SSSR count). The Morgan fingerprint density at radius 3 is 3.00 bits per heavy atom. The molecule has 1 aliphatic heterocycles. The number of aryl methyl sites for hydroxylation is 1. The molecule has 0 bridgehead atoms. The Bertz CT molecular complexity index is 493. The second-order valence-electron chi connectivity index (χ2n) is 3.49. The van der Waals surface area contributed by atoms with Gasteiger partial charge in [-0.05, 0) is 30.9 Å². The van der Waals surface area contributed by atoms with Crippen molar-refractivity contribution in [3.63, 3.8) is 0 Å². The third-order valence-electron chi connectivity index (χ3n) is 2.72. The minimum absolute atomic E-state index is 0.745. The quantitative estimate of drug-likeness (QED) is 0.655. The normalized spacial score (nSPS) is 13.3. The Morgan fingerprint density at radius 2 is 2.14 bits per heavy atom. The first-order valence-corrected chi connectivity index (χ1v) is 6.26. The van der Waals surface area contributed by atoms with E-state index in [1.165, 1.54) is 25.8 Å². The van der Waals surface area contributed by atoms with Crippen molar-refractivity contribution in [3.05, 3.63) is 27.5 Å². The van der Waals surface area contributed by atoms with Crippen LogP contribution in [0.4, 0.5) is 0 Å². The Labute approximate surface area is 91.0 Å². The largest absolute Gasteiger partial charge is 0.487 e. The molecular formula is C11H10OS2. The van der Waals surface area contributed by atoms with Gasteiger partial charge in [0.2, 0.25) is 0 Å². The first-order valence-electron chi connectivity index (χ1n) is 4.57. The molecular weight excluding hydrogens is 212 g/mol. The summed E-state index contributed by atoms with van der Waals surface area (Å²) in [6, 6.07) is 2.06. The number of hydrogen-bond donors (Lipinski definition) is 0. The molecule has 0 atom stereocenters. The Balaban J connectivity index is 2.31. The summed E-state index contributed by atoms with van der Waals surface area (Å²) in [6.45, 7) is 5.12. The first kappa shape index (κ1) is 8.50. The molecule has 0 aromatic carbocycles. The van der Waals surface area contributed by atoms with Gasteiger partial charge in [-0.15, -0.1) is 22.7 Å². The maximum absolute atomic E-state index is 5.70. The van der Waals surface area contributed by atoms with Gasteiger partial charge < -0.3 is 4.74 Å². The van der Waals surface area contributed by atoms with Gasteiger partial charge in [0.05, 0.1) is 9.75 Å². The molecule has 0 fully saturated rings. The van der Waals surface area contributed by atoms with Gasteiger partial charge in [-0.1, -0.05) is 0 Å². The van der Waals surface area contributed by atoms with E-state index in [1.807, 2.05) is 11.3 Å². The first-order chi connectivity index (χ1) is 6.77. The second kappa shape index (κ2) is 2.84. The van der Waals surface area contributed by atoms with Crippen LogP contribution in [0.25, 0.3) is 9.75 Å². The summed E-state index contributed by atoms with van der Waals surface area (Å²) in [6.07, 6.45) is 0. The number of ether oxygens (including phenoxy) is 1. The van der Waals surface area contributed by atoms with Crippen molar-refractivity contribution in [1.82, 2.24) is 0 Å². The molecule has 3 heterocycles. The molecule has 0 aliphatic carbocycles. The number of rotatable bonds is 0. The van der Waals surface area contributed by atoms with E-state index in [4.69, 9.17) is 4.74 Å². The molecule has 3 heteroatoms. The van der Waals surface area contributed by atoms with Crippen LogP contribution in [-0.4, -0.2) is 0 Å². The SMILES string of the molecule is Cc1sc2c(c1C)COc1ccsc1-2. The van der Waals surface area contributed by atoms with Gasteiger partial charge in [-0.3, -0.25) is 0 Å².